The summed E-state index contributed by atoms with van der Waals surface area (Å²) < 4.78 is 66.3. The van der Waals surface area contributed by atoms with Gasteiger partial charge in [0.2, 0.25) is 0 Å². The molecule has 1 unspecified atom stereocenters. The van der Waals surface area contributed by atoms with E-state index in [9.17, 15) is 22.0 Å². The number of rotatable bonds is 2. The molecule has 16 heavy (non-hydrogen) atoms. The first kappa shape index (κ1) is 15.7. The lowest BCUT2D eigenvalue weighted by Gasteiger charge is -2.42. The van der Waals surface area contributed by atoms with Crippen molar-refractivity contribution in [3.05, 3.63) is 0 Å². The highest BCUT2D eigenvalue weighted by Gasteiger charge is 2.71. The van der Waals surface area contributed by atoms with Crippen LogP contribution in [-0.4, -0.2) is 17.5 Å². The van der Waals surface area contributed by atoms with Crippen LogP contribution in [-0.2, 0) is 0 Å². The fraction of sp³-hybridized carbons (Fsp3) is 1.00. The second-order valence-electron chi connectivity index (χ2n) is 4.70. The van der Waals surface area contributed by atoms with E-state index >= 15 is 0 Å². The van der Waals surface area contributed by atoms with Crippen LogP contribution in [0.15, 0.2) is 0 Å². The van der Waals surface area contributed by atoms with Gasteiger partial charge in [-0.2, -0.15) is 17.6 Å². The quantitative estimate of drug-likeness (QED) is 0.612. The fourth-order valence-corrected chi connectivity index (χ4v) is 2.11. The van der Waals surface area contributed by atoms with Crippen molar-refractivity contribution in [2.24, 2.45) is 5.92 Å². The first-order valence-corrected chi connectivity index (χ1v) is 5.07. The minimum Gasteiger partial charge on any atom is -0.237 e. The average molecular weight is 246 g/mol. The summed E-state index contributed by atoms with van der Waals surface area (Å²) in [6.07, 6.45) is -2.11. The van der Waals surface area contributed by atoms with Gasteiger partial charge in [0.1, 0.15) is 0 Å². The van der Waals surface area contributed by atoms with Crippen molar-refractivity contribution in [3.8, 4) is 0 Å². The maximum Gasteiger partial charge on any atom is 0.343 e. The summed E-state index contributed by atoms with van der Waals surface area (Å²) in [5.74, 6) is -9.12. The van der Waals surface area contributed by atoms with E-state index in [-0.39, 0.29) is 19.8 Å². The van der Waals surface area contributed by atoms with Gasteiger partial charge in [-0.05, 0) is 25.2 Å². The molecule has 0 aliphatic heterocycles. The second-order valence-corrected chi connectivity index (χ2v) is 4.70. The van der Waals surface area contributed by atoms with Crippen molar-refractivity contribution in [2.45, 2.75) is 64.5 Å². The van der Waals surface area contributed by atoms with Gasteiger partial charge >= 0.3 is 11.8 Å². The molecule has 5 heteroatoms. The van der Waals surface area contributed by atoms with Gasteiger partial charge in [-0.3, -0.25) is 0 Å². The Kier molecular flexibility index (Phi) is 4.39. The van der Waals surface area contributed by atoms with Gasteiger partial charge in [-0.1, -0.05) is 21.3 Å². The molecule has 1 aliphatic carbocycles. The molecule has 0 nitrogen and oxygen atoms in total. The van der Waals surface area contributed by atoms with Crippen LogP contribution in [0.1, 0.15) is 47.0 Å². The topological polar surface area (TPSA) is 0 Å². The number of halogens is 5. The van der Waals surface area contributed by atoms with Gasteiger partial charge < -0.3 is 0 Å². The summed E-state index contributed by atoms with van der Waals surface area (Å²) in [6.45, 7) is 3.09. The van der Waals surface area contributed by atoms with Crippen LogP contribution in [0.25, 0.3) is 0 Å². The van der Waals surface area contributed by atoms with Crippen LogP contribution >= 0.6 is 0 Å². The number of alkyl halides is 5. The Hall–Kier alpha value is -0.350. The Balaban J connectivity index is 0.00000225. The van der Waals surface area contributed by atoms with Crippen molar-refractivity contribution in [3.63, 3.8) is 0 Å². The zero-order chi connectivity index (χ0) is 11.9. The molecule has 0 aromatic heterocycles. The molecule has 1 aliphatic rings. The Morgan fingerprint density at radius 3 is 1.94 bits per heavy atom. The predicted octanol–water partition coefficient (Wildman–Crippen LogP) is 4.83. The molecule has 0 bridgehead atoms. The second kappa shape index (κ2) is 4.49. The minimum atomic E-state index is -4.54. The number of hydrogen-bond donors (Lipinski definition) is 0. The maximum absolute atomic E-state index is 13.9. The van der Waals surface area contributed by atoms with E-state index in [0.717, 1.165) is 0 Å². The molecule has 1 atom stereocenters. The highest BCUT2D eigenvalue weighted by Crippen LogP contribution is 2.55. The third kappa shape index (κ3) is 2.33. The van der Waals surface area contributed by atoms with Crippen LogP contribution in [0.3, 0.4) is 0 Å². The highest BCUT2D eigenvalue weighted by atomic mass is 19.3. The third-order valence-corrected chi connectivity index (χ3v) is 2.82. The molecule has 0 heterocycles. The summed E-state index contributed by atoms with van der Waals surface area (Å²) in [6, 6.07) is 0. The molecule has 0 aromatic rings. The zero-order valence-electron chi connectivity index (χ0n) is 8.80. The van der Waals surface area contributed by atoms with Crippen molar-refractivity contribution in [1.29, 1.82) is 0 Å². The molecule has 1 fully saturated rings. The van der Waals surface area contributed by atoms with Gasteiger partial charge in [0.25, 0.3) is 0 Å². The summed E-state index contributed by atoms with van der Waals surface area (Å²) >= 11 is 0. The van der Waals surface area contributed by atoms with Gasteiger partial charge in [0.05, 0.1) is 0 Å². The predicted molar refractivity (Wildman–Crippen MR) is 53.8 cm³/mol. The van der Waals surface area contributed by atoms with E-state index in [1.165, 1.54) is 0 Å². The van der Waals surface area contributed by atoms with Crippen LogP contribution in [0.2, 0.25) is 0 Å². The molecular weight excluding hydrogens is 227 g/mol. The Morgan fingerprint density at radius 2 is 1.50 bits per heavy atom. The fourth-order valence-electron chi connectivity index (χ4n) is 2.11. The van der Waals surface area contributed by atoms with E-state index < -0.39 is 36.8 Å². The summed E-state index contributed by atoms with van der Waals surface area (Å²) in [4.78, 5) is 0. The van der Waals surface area contributed by atoms with E-state index in [0.29, 0.717) is 0 Å². The van der Waals surface area contributed by atoms with Crippen molar-refractivity contribution < 1.29 is 22.0 Å². The monoisotopic (exact) mass is 246 g/mol. The lowest BCUT2D eigenvalue weighted by atomic mass is 9.76. The van der Waals surface area contributed by atoms with Crippen molar-refractivity contribution in [1.82, 2.24) is 0 Å². The molecule has 0 saturated heterocycles. The lowest BCUT2D eigenvalue weighted by Crippen LogP contribution is -2.59. The Morgan fingerprint density at radius 1 is 1.00 bits per heavy atom. The average Bonchev–Trinajstić information content (AvgIpc) is 1.99. The van der Waals surface area contributed by atoms with Crippen LogP contribution in [0.4, 0.5) is 22.0 Å². The standard InChI is InChI=1S/C10H15F5.CH4/c1-7(2)6-8(11)4-3-5-9(12,13)10(8,14)15;/h7H,3-6H2,1-2H3;1H4. The molecule has 0 amide bonds. The van der Waals surface area contributed by atoms with Gasteiger partial charge in [-0.25, -0.2) is 4.39 Å². The molecule has 1 rings (SSSR count). The molecule has 98 valence electrons. The highest BCUT2D eigenvalue weighted by molar-refractivity contribution is 5.05. The van der Waals surface area contributed by atoms with E-state index in [1.807, 2.05) is 0 Å². The first-order valence-electron chi connectivity index (χ1n) is 5.07. The number of hydrogen-bond acceptors (Lipinski definition) is 0. The maximum atomic E-state index is 13.9. The van der Waals surface area contributed by atoms with E-state index in [4.69, 9.17) is 0 Å². The van der Waals surface area contributed by atoms with Crippen molar-refractivity contribution >= 4 is 0 Å². The molecule has 0 aromatic carbocycles. The normalized spacial score (nSPS) is 32.2. The molecule has 0 N–H and O–H groups in total. The zero-order valence-corrected chi connectivity index (χ0v) is 8.80. The molecule has 0 radical (unpaired) electrons. The Labute approximate surface area is 93.2 Å². The summed E-state index contributed by atoms with van der Waals surface area (Å²) in [5.41, 5.74) is -3.05. The smallest absolute Gasteiger partial charge is 0.237 e. The molecule has 0 spiro atoms. The SMILES string of the molecule is C.CC(C)CC1(F)CCCC(F)(F)C1(F)F. The first-order chi connectivity index (χ1) is 6.62. The summed E-state index contributed by atoms with van der Waals surface area (Å²) in [5, 5.41) is 0. The van der Waals surface area contributed by atoms with E-state index in [1.54, 1.807) is 13.8 Å². The van der Waals surface area contributed by atoms with Gasteiger partial charge in [-0.15, -0.1) is 0 Å². The molecule has 1 saturated carbocycles. The van der Waals surface area contributed by atoms with Crippen LogP contribution in [0, 0.1) is 5.92 Å². The third-order valence-electron chi connectivity index (χ3n) is 2.82. The van der Waals surface area contributed by atoms with Crippen molar-refractivity contribution in [2.75, 3.05) is 0 Å². The largest absolute Gasteiger partial charge is 0.343 e. The van der Waals surface area contributed by atoms with Crippen LogP contribution < -0.4 is 0 Å². The van der Waals surface area contributed by atoms with Gasteiger partial charge in [0, 0.05) is 6.42 Å². The minimum absolute atomic E-state index is 0. The molecular formula is C11H19F5. The van der Waals surface area contributed by atoms with Gasteiger partial charge in [0.15, 0.2) is 5.67 Å². The van der Waals surface area contributed by atoms with E-state index in [2.05, 4.69) is 0 Å². The Bertz CT molecular complexity index is 237. The lowest BCUT2D eigenvalue weighted by molar-refractivity contribution is -0.295. The van der Waals surface area contributed by atoms with Crippen LogP contribution in [0.5, 0.6) is 0 Å². The summed E-state index contributed by atoms with van der Waals surface area (Å²) in [7, 11) is 0.